The van der Waals surface area contributed by atoms with Crippen LogP contribution >= 0.6 is 0 Å². The lowest BCUT2D eigenvalue weighted by molar-refractivity contribution is 0.0500. The first-order chi connectivity index (χ1) is 28.9. The Balaban J connectivity index is 0.000000184. The molecule has 61 heavy (non-hydrogen) atoms. The molecule has 0 radical (unpaired) electrons. The fourth-order valence-electron chi connectivity index (χ4n) is 8.70. The molecule has 1 N–H and O–H groups in total. The van der Waals surface area contributed by atoms with Gasteiger partial charge in [0.05, 0.1) is 48.3 Å². The molecule has 0 amide bonds. The van der Waals surface area contributed by atoms with Crippen LogP contribution in [-0.4, -0.2) is 97.8 Å². The Morgan fingerprint density at radius 2 is 1.16 bits per heavy atom. The monoisotopic (exact) mass is 852 g/mol. The average Bonchev–Trinajstić information content (AvgIpc) is 3.80. The van der Waals surface area contributed by atoms with Crippen molar-refractivity contribution in [1.29, 1.82) is 0 Å². The predicted molar refractivity (Wildman–Crippen MR) is 220 cm³/mol. The van der Waals surface area contributed by atoms with Crippen molar-refractivity contribution in [1.82, 2.24) is 29.5 Å². The molecule has 5 atom stereocenters. The van der Waals surface area contributed by atoms with E-state index in [0.717, 1.165) is 29.2 Å². The number of fused-ring (bicyclic) bond motifs is 2. The second kappa shape index (κ2) is 17.0. The number of aliphatic hydroxyl groups is 1. The molecule has 17 heteroatoms. The Morgan fingerprint density at radius 1 is 0.705 bits per heavy atom. The van der Waals surface area contributed by atoms with Crippen LogP contribution in [0.2, 0.25) is 0 Å². The lowest BCUT2D eigenvalue weighted by Crippen LogP contribution is -2.28. The summed E-state index contributed by atoms with van der Waals surface area (Å²) in [6, 6.07) is 10.7. The number of pyridine rings is 2. The number of anilines is 2. The van der Waals surface area contributed by atoms with E-state index in [1.54, 1.807) is 47.5 Å². The minimum atomic E-state index is -2.54. The van der Waals surface area contributed by atoms with Crippen LogP contribution in [-0.2, 0) is 28.7 Å². The molecule has 13 nitrogen and oxygen atoms in total. The first-order valence-electron chi connectivity index (χ1n) is 21.4. The number of aromatic nitrogens is 6. The highest BCUT2D eigenvalue weighted by Crippen LogP contribution is 2.60. The van der Waals surface area contributed by atoms with Gasteiger partial charge in [0.15, 0.2) is 0 Å². The topological polar surface area (TPSA) is 141 Å². The van der Waals surface area contributed by atoms with E-state index >= 15 is 0 Å². The average molecular weight is 853 g/mol. The van der Waals surface area contributed by atoms with Crippen molar-refractivity contribution >= 4 is 23.6 Å². The summed E-state index contributed by atoms with van der Waals surface area (Å²) < 4.78 is 67.5. The van der Waals surface area contributed by atoms with Gasteiger partial charge in [0.1, 0.15) is 29.1 Å². The summed E-state index contributed by atoms with van der Waals surface area (Å²) in [5.74, 6) is -6.68. The number of carbonyl (C=O) groups is 2. The number of aryl methyl sites for hydroxylation is 2. The maximum absolute atomic E-state index is 13.5. The molecule has 4 aromatic heterocycles. The van der Waals surface area contributed by atoms with Crippen LogP contribution in [0.25, 0.3) is 0 Å². The normalized spacial score (nSPS) is 22.1. The summed E-state index contributed by atoms with van der Waals surface area (Å²) in [6.45, 7) is 17.1. The molecule has 2 aliphatic heterocycles. The third-order valence-corrected chi connectivity index (χ3v) is 12.2. The molecule has 8 rings (SSSR count). The first kappa shape index (κ1) is 44.0. The van der Waals surface area contributed by atoms with Gasteiger partial charge in [-0.2, -0.15) is 10.2 Å². The molecule has 4 fully saturated rings. The third-order valence-electron chi connectivity index (χ3n) is 12.2. The van der Waals surface area contributed by atoms with E-state index < -0.39 is 47.6 Å². The fourth-order valence-corrected chi connectivity index (χ4v) is 8.70. The highest BCUT2D eigenvalue weighted by molar-refractivity contribution is 5.88. The number of piperidine rings is 2. The van der Waals surface area contributed by atoms with Gasteiger partial charge in [-0.1, -0.05) is 26.0 Å². The van der Waals surface area contributed by atoms with E-state index in [1.807, 2.05) is 63.5 Å². The van der Waals surface area contributed by atoms with Gasteiger partial charge in [-0.3, -0.25) is 9.36 Å². The van der Waals surface area contributed by atoms with Crippen molar-refractivity contribution in [3.05, 3.63) is 81.7 Å². The van der Waals surface area contributed by atoms with Crippen LogP contribution in [0.1, 0.15) is 128 Å². The van der Waals surface area contributed by atoms with Gasteiger partial charge >= 0.3 is 11.9 Å². The number of hydrogen-bond donors (Lipinski definition) is 1. The quantitative estimate of drug-likeness (QED) is 0.101. The number of carbonyl (C=O) groups excluding carboxylic acids is 2. The zero-order valence-electron chi connectivity index (χ0n) is 36.0. The molecule has 4 aromatic rings. The summed E-state index contributed by atoms with van der Waals surface area (Å²) in [6.07, 6.45) is 0.773. The van der Waals surface area contributed by atoms with Crippen LogP contribution in [0.4, 0.5) is 29.2 Å². The zero-order chi connectivity index (χ0) is 44.1. The highest BCUT2D eigenvalue weighted by atomic mass is 19.3. The van der Waals surface area contributed by atoms with Gasteiger partial charge in [-0.15, -0.1) is 0 Å². The first-order valence-corrected chi connectivity index (χ1v) is 21.4. The number of esters is 2. The Morgan fingerprint density at radius 3 is 1.64 bits per heavy atom. The second-order valence-electron chi connectivity index (χ2n) is 16.8. The largest absolute Gasteiger partial charge is 0.461 e. The van der Waals surface area contributed by atoms with Crippen molar-refractivity contribution in [2.24, 2.45) is 23.7 Å². The standard InChI is InChI=1S/C22H28F2N4O3.C22H28F2N4O2/c1-5-16-13(7-8-19(25-16)27-10-14-15(11-27)22(14,23)24)20(29)17-9-18(21(30)31-6-2)28(26-17)12(3)4;1-5-18-14(7-8-20(25-18)27-11-16-17(12-27)22(16,23)24)9-15-10-19(21(29)30-6-2)28(26-15)13(3)4/h7-9,12,14-15,20,29H,5-6,10-11H2,1-4H3;7-8,10,13,16-17H,5-6,9,11-12H2,1-4H3. The van der Waals surface area contributed by atoms with Crippen molar-refractivity contribution < 1.29 is 41.7 Å². The van der Waals surface area contributed by atoms with Crippen LogP contribution < -0.4 is 9.80 Å². The number of aliphatic hydroxyl groups excluding tert-OH is 1. The summed E-state index contributed by atoms with van der Waals surface area (Å²) in [4.78, 5) is 37.8. The van der Waals surface area contributed by atoms with E-state index in [-0.39, 0.29) is 30.4 Å². The lowest BCUT2D eigenvalue weighted by atomic mass is 10.0. The van der Waals surface area contributed by atoms with Crippen LogP contribution in [0, 0.1) is 23.7 Å². The SMILES string of the molecule is CCOC(=O)c1cc(C(O)c2ccc(N3CC4C(C3)C4(F)F)nc2CC)nn1C(C)C.CCOC(=O)c1cc(Cc2ccc(N3CC4C(C3)C4(F)F)nc2CC)nn1C(C)C. The van der Waals surface area contributed by atoms with Gasteiger partial charge in [0, 0.05) is 61.6 Å². The molecule has 4 aliphatic rings. The van der Waals surface area contributed by atoms with E-state index in [9.17, 15) is 32.3 Å². The van der Waals surface area contributed by atoms with Crippen molar-refractivity contribution in [2.45, 2.75) is 105 Å². The number of hydrogen-bond acceptors (Lipinski definition) is 11. The van der Waals surface area contributed by atoms with Crippen molar-refractivity contribution in [3.63, 3.8) is 0 Å². The molecule has 2 aliphatic carbocycles. The number of halogens is 4. The summed E-state index contributed by atoms with van der Waals surface area (Å²) >= 11 is 0. The van der Waals surface area contributed by atoms with Crippen molar-refractivity contribution in [2.75, 3.05) is 49.2 Å². The summed E-state index contributed by atoms with van der Waals surface area (Å²) in [5.41, 5.74) is 5.06. The number of rotatable bonds is 14. The zero-order valence-corrected chi connectivity index (χ0v) is 36.0. The van der Waals surface area contributed by atoms with Crippen LogP contribution in [0.15, 0.2) is 36.4 Å². The number of nitrogens with zero attached hydrogens (tertiary/aromatic N) is 8. The van der Waals surface area contributed by atoms with Gasteiger partial charge < -0.3 is 24.4 Å². The van der Waals surface area contributed by atoms with Gasteiger partial charge in [0.2, 0.25) is 0 Å². The van der Waals surface area contributed by atoms with Crippen LogP contribution in [0.3, 0.4) is 0 Å². The number of ether oxygens (including phenoxy) is 2. The minimum Gasteiger partial charge on any atom is -0.461 e. The third kappa shape index (κ3) is 8.46. The van der Waals surface area contributed by atoms with Crippen LogP contribution in [0.5, 0.6) is 0 Å². The van der Waals surface area contributed by atoms with Gasteiger partial charge in [0.25, 0.3) is 11.8 Å². The number of alkyl halides is 4. The molecule has 0 spiro atoms. The van der Waals surface area contributed by atoms with E-state index in [4.69, 9.17) is 14.5 Å². The molecular weight excluding hydrogens is 797 g/mol. The Bertz CT molecular complexity index is 2230. The molecule has 0 aromatic carbocycles. The van der Waals surface area contributed by atoms with Gasteiger partial charge in [-0.25, -0.2) is 37.1 Å². The smallest absolute Gasteiger partial charge is 0.356 e. The highest BCUT2D eigenvalue weighted by Gasteiger charge is 2.72. The van der Waals surface area contributed by atoms with Gasteiger partial charge in [-0.05, 0) is 84.2 Å². The predicted octanol–water partition coefficient (Wildman–Crippen LogP) is 7.27. The summed E-state index contributed by atoms with van der Waals surface area (Å²) in [7, 11) is 0. The minimum absolute atomic E-state index is 0.0315. The fraction of sp³-hybridized carbons (Fsp3) is 0.591. The maximum Gasteiger partial charge on any atom is 0.356 e. The van der Waals surface area contributed by atoms with E-state index in [0.29, 0.717) is 74.1 Å². The second-order valence-corrected chi connectivity index (χ2v) is 16.8. The molecular formula is C44H56F4N8O5. The molecule has 330 valence electrons. The van der Waals surface area contributed by atoms with Crippen molar-refractivity contribution in [3.8, 4) is 0 Å². The molecule has 6 heterocycles. The Labute approximate surface area is 353 Å². The molecule has 0 bridgehead atoms. The molecule has 2 saturated carbocycles. The maximum atomic E-state index is 13.5. The summed E-state index contributed by atoms with van der Waals surface area (Å²) in [5, 5.41) is 20.1. The van der Waals surface area contributed by atoms with E-state index in [2.05, 4.69) is 15.2 Å². The Hall–Kier alpha value is -5.06. The van der Waals surface area contributed by atoms with E-state index in [1.165, 1.54) is 0 Å². The molecule has 5 unspecified atom stereocenters. The lowest BCUT2D eigenvalue weighted by Gasteiger charge is -2.23. The Kier molecular flexibility index (Phi) is 12.3. The molecule has 2 saturated heterocycles.